The highest BCUT2D eigenvalue weighted by molar-refractivity contribution is 5.75. The number of hydrogen-bond donors (Lipinski definition) is 1. The lowest BCUT2D eigenvalue weighted by Crippen LogP contribution is -2.32. The van der Waals surface area contributed by atoms with Crippen LogP contribution in [0.2, 0.25) is 0 Å². The van der Waals surface area contributed by atoms with Crippen LogP contribution in [-0.4, -0.2) is 24.2 Å². The van der Waals surface area contributed by atoms with E-state index < -0.39 is 5.97 Å². The van der Waals surface area contributed by atoms with Crippen molar-refractivity contribution in [3.8, 4) is 6.07 Å². The predicted octanol–water partition coefficient (Wildman–Crippen LogP) is 1.86. The van der Waals surface area contributed by atoms with Gasteiger partial charge in [-0.05, 0) is 30.9 Å². The molecule has 88 valence electrons. The Labute approximate surface area is 100 Å². The summed E-state index contributed by atoms with van der Waals surface area (Å²) < 4.78 is 0. The molecule has 0 aromatic heterocycles. The second-order valence-corrected chi connectivity index (χ2v) is 4.35. The fourth-order valence-electron chi connectivity index (χ4n) is 1.87. The van der Waals surface area contributed by atoms with Gasteiger partial charge >= 0.3 is 5.97 Å². The SMILES string of the molecule is N#Cc1ccccc1N(CC(=O)O)CC1CC1. The molecule has 1 saturated carbocycles. The van der Waals surface area contributed by atoms with Crippen molar-refractivity contribution in [2.24, 2.45) is 5.92 Å². The fourth-order valence-corrected chi connectivity index (χ4v) is 1.87. The molecule has 1 aromatic carbocycles. The van der Waals surface area contributed by atoms with Crippen molar-refractivity contribution < 1.29 is 9.90 Å². The van der Waals surface area contributed by atoms with E-state index in [9.17, 15) is 4.79 Å². The number of carbonyl (C=O) groups is 1. The van der Waals surface area contributed by atoms with Crippen LogP contribution in [0, 0.1) is 17.2 Å². The molecule has 4 heteroatoms. The van der Waals surface area contributed by atoms with Gasteiger partial charge in [-0.15, -0.1) is 0 Å². The molecule has 1 N–H and O–H groups in total. The van der Waals surface area contributed by atoms with E-state index in [-0.39, 0.29) is 6.54 Å². The summed E-state index contributed by atoms with van der Waals surface area (Å²) in [6.45, 7) is 0.681. The molecule has 0 radical (unpaired) electrons. The van der Waals surface area contributed by atoms with E-state index >= 15 is 0 Å². The maximum atomic E-state index is 10.9. The zero-order valence-electron chi connectivity index (χ0n) is 9.47. The summed E-state index contributed by atoms with van der Waals surface area (Å²) >= 11 is 0. The molecule has 0 aliphatic heterocycles. The number of para-hydroxylation sites is 1. The van der Waals surface area contributed by atoms with Crippen LogP contribution in [0.15, 0.2) is 24.3 Å². The number of rotatable bonds is 5. The Balaban J connectivity index is 2.23. The number of hydrogen-bond acceptors (Lipinski definition) is 3. The van der Waals surface area contributed by atoms with Gasteiger partial charge in [0.15, 0.2) is 0 Å². The van der Waals surface area contributed by atoms with Crippen molar-refractivity contribution >= 4 is 11.7 Å². The number of nitrogens with zero attached hydrogens (tertiary/aromatic N) is 2. The second kappa shape index (κ2) is 4.88. The van der Waals surface area contributed by atoms with Crippen molar-refractivity contribution in [3.63, 3.8) is 0 Å². The lowest BCUT2D eigenvalue weighted by Gasteiger charge is -2.23. The quantitative estimate of drug-likeness (QED) is 0.838. The normalized spacial score (nSPS) is 14.1. The highest BCUT2D eigenvalue weighted by Gasteiger charge is 2.26. The van der Waals surface area contributed by atoms with Gasteiger partial charge in [-0.2, -0.15) is 5.26 Å². The summed E-state index contributed by atoms with van der Waals surface area (Å²) in [4.78, 5) is 12.7. The molecule has 0 amide bonds. The van der Waals surface area contributed by atoms with E-state index in [1.165, 1.54) is 0 Å². The van der Waals surface area contributed by atoms with Crippen LogP contribution in [0.3, 0.4) is 0 Å². The molecule has 0 spiro atoms. The number of carboxylic acids is 1. The first-order valence-corrected chi connectivity index (χ1v) is 5.66. The lowest BCUT2D eigenvalue weighted by atomic mass is 10.1. The molecule has 1 aliphatic carbocycles. The third-order valence-electron chi connectivity index (χ3n) is 2.87. The van der Waals surface area contributed by atoms with Gasteiger partial charge in [0, 0.05) is 6.54 Å². The van der Waals surface area contributed by atoms with Crippen molar-refractivity contribution in [1.29, 1.82) is 5.26 Å². The van der Waals surface area contributed by atoms with Crippen LogP contribution in [0.1, 0.15) is 18.4 Å². The largest absolute Gasteiger partial charge is 0.480 e. The summed E-state index contributed by atoms with van der Waals surface area (Å²) in [7, 11) is 0. The molecule has 0 unspecified atom stereocenters. The van der Waals surface area contributed by atoms with Crippen LogP contribution in [0.4, 0.5) is 5.69 Å². The van der Waals surface area contributed by atoms with Crippen LogP contribution >= 0.6 is 0 Å². The minimum absolute atomic E-state index is 0.0464. The molecule has 0 atom stereocenters. The number of nitriles is 1. The average molecular weight is 230 g/mol. The van der Waals surface area contributed by atoms with Gasteiger partial charge in [0.25, 0.3) is 0 Å². The van der Waals surface area contributed by atoms with E-state index in [1.807, 2.05) is 12.1 Å². The molecule has 17 heavy (non-hydrogen) atoms. The molecule has 1 fully saturated rings. The first-order valence-electron chi connectivity index (χ1n) is 5.66. The standard InChI is InChI=1S/C13H14N2O2/c14-7-11-3-1-2-4-12(11)15(9-13(16)17)8-10-5-6-10/h1-4,10H,5-6,8-9H2,(H,16,17). The van der Waals surface area contributed by atoms with Crippen LogP contribution in [0.5, 0.6) is 0 Å². The Morgan fingerprint density at radius 1 is 1.47 bits per heavy atom. The summed E-state index contributed by atoms with van der Waals surface area (Å²) in [6.07, 6.45) is 2.32. The smallest absolute Gasteiger partial charge is 0.323 e. The first kappa shape index (κ1) is 11.5. The van der Waals surface area contributed by atoms with E-state index in [4.69, 9.17) is 10.4 Å². The van der Waals surface area contributed by atoms with Crippen molar-refractivity contribution in [1.82, 2.24) is 0 Å². The van der Waals surface area contributed by atoms with Gasteiger partial charge in [0.05, 0.1) is 11.3 Å². The minimum Gasteiger partial charge on any atom is -0.480 e. The van der Waals surface area contributed by atoms with Gasteiger partial charge in [-0.25, -0.2) is 0 Å². The Bertz CT molecular complexity index is 461. The zero-order chi connectivity index (χ0) is 12.3. The molecule has 1 aliphatic rings. The fraction of sp³-hybridized carbons (Fsp3) is 0.385. The highest BCUT2D eigenvalue weighted by Crippen LogP contribution is 2.32. The van der Waals surface area contributed by atoms with Gasteiger partial charge < -0.3 is 10.0 Å². The van der Waals surface area contributed by atoms with E-state index in [1.54, 1.807) is 17.0 Å². The number of aliphatic carboxylic acids is 1. The maximum absolute atomic E-state index is 10.9. The lowest BCUT2D eigenvalue weighted by molar-refractivity contribution is -0.135. The van der Waals surface area contributed by atoms with E-state index in [0.29, 0.717) is 11.5 Å². The molecule has 0 heterocycles. The first-order chi connectivity index (χ1) is 8.20. The predicted molar refractivity (Wildman–Crippen MR) is 63.7 cm³/mol. The molecule has 0 bridgehead atoms. The van der Waals surface area contributed by atoms with E-state index in [0.717, 1.165) is 25.1 Å². The number of carboxylic acid groups (broad SMARTS) is 1. The number of anilines is 1. The van der Waals surface area contributed by atoms with Crippen molar-refractivity contribution in [3.05, 3.63) is 29.8 Å². The summed E-state index contributed by atoms with van der Waals surface area (Å²) in [5, 5.41) is 17.9. The molecule has 4 nitrogen and oxygen atoms in total. The topological polar surface area (TPSA) is 64.3 Å². The summed E-state index contributed by atoms with van der Waals surface area (Å²) in [5.41, 5.74) is 1.26. The van der Waals surface area contributed by atoms with Crippen LogP contribution in [-0.2, 0) is 4.79 Å². The summed E-state index contributed by atoms with van der Waals surface area (Å²) in [6, 6.07) is 9.26. The Kier molecular flexibility index (Phi) is 3.29. The maximum Gasteiger partial charge on any atom is 0.323 e. The van der Waals surface area contributed by atoms with Gasteiger partial charge in [-0.3, -0.25) is 4.79 Å². The second-order valence-electron chi connectivity index (χ2n) is 4.35. The Morgan fingerprint density at radius 2 is 2.18 bits per heavy atom. The molecule has 2 rings (SSSR count). The minimum atomic E-state index is -0.863. The van der Waals surface area contributed by atoms with Crippen LogP contribution < -0.4 is 4.90 Å². The van der Waals surface area contributed by atoms with Crippen LogP contribution in [0.25, 0.3) is 0 Å². The molecular formula is C13H14N2O2. The van der Waals surface area contributed by atoms with Crippen molar-refractivity contribution in [2.45, 2.75) is 12.8 Å². The van der Waals surface area contributed by atoms with Crippen molar-refractivity contribution in [2.75, 3.05) is 18.0 Å². The third kappa shape index (κ3) is 2.97. The van der Waals surface area contributed by atoms with Gasteiger partial charge in [0.2, 0.25) is 0 Å². The monoisotopic (exact) mass is 230 g/mol. The Morgan fingerprint density at radius 3 is 2.76 bits per heavy atom. The Hall–Kier alpha value is -2.02. The molecule has 1 aromatic rings. The highest BCUT2D eigenvalue weighted by atomic mass is 16.4. The molecule has 0 saturated heterocycles. The zero-order valence-corrected chi connectivity index (χ0v) is 9.47. The van der Waals surface area contributed by atoms with Gasteiger partial charge in [-0.1, -0.05) is 12.1 Å². The van der Waals surface area contributed by atoms with E-state index in [2.05, 4.69) is 6.07 Å². The summed E-state index contributed by atoms with van der Waals surface area (Å²) in [5.74, 6) is -0.278. The van der Waals surface area contributed by atoms with Gasteiger partial charge in [0.1, 0.15) is 12.6 Å². The third-order valence-corrected chi connectivity index (χ3v) is 2.87. The average Bonchev–Trinajstić information content (AvgIpc) is 3.11. The number of benzene rings is 1. The molecular weight excluding hydrogens is 216 g/mol.